The Morgan fingerprint density at radius 1 is 1.19 bits per heavy atom. The van der Waals surface area contributed by atoms with Crippen LogP contribution in [0, 0.1) is 17.8 Å². The molecule has 5 heteroatoms. The molecular formula is C21H24ClNO3. The molecule has 1 amide bonds. The summed E-state index contributed by atoms with van der Waals surface area (Å²) >= 11 is 6.03. The molecule has 3 saturated carbocycles. The quantitative estimate of drug-likeness (QED) is 0.847. The minimum Gasteiger partial charge on any atom is -0.486 e. The van der Waals surface area contributed by atoms with Gasteiger partial charge < -0.3 is 10.1 Å². The standard InChI is InChI=1S/C21H24ClNO3/c22-12-6-7-17-15(10-12)16(24)11-21(26-17)9-8-14-18(19(14)21)20(25)23-13-4-2-1-3-5-13/h6-7,10,13-14,18-19H,1-5,8-9,11H2,(H,23,25)/t14-,18+,19+,21+/m0/s1. The molecule has 3 fully saturated rings. The average molecular weight is 374 g/mol. The lowest BCUT2D eigenvalue weighted by atomic mass is 9.84. The number of carbonyl (C=O) groups excluding carboxylic acids is 2. The highest BCUT2D eigenvalue weighted by Gasteiger charge is 2.70. The predicted molar refractivity (Wildman–Crippen MR) is 98.5 cm³/mol. The third-order valence-corrected chi connectivity index (χ3v) is 7.18. The second kappa shape index (κ2) is 5.98. The Bertz CT molecular complexity index is 773. The fourth-order valence-corrected chi connectivity index (χ4v) is 5.86. The van der Waals surface area contributed by atoms with Crippen LogP contribution in [0.3, 0.4) is 0 Å². The number of benzene rings is 1. The summed E-state index contributed by atoms with van der Waals surface area (Å²) in [6.45, 7) is 0. The number of amides is 1. The minimum atomic E-state index is -0.489. The molecule has 4 nitrogen and oxygen atoms in total. The van der Waals surface area contributed by atoms with Gasteiger partial charge >= 0.3 is 0 Å². The molecule has 1 spiro atoms. The van der Waals surface area contributed by atoms with Crippen molar-refractivity contribution in [1.82, 2.24) is 5.32 Å². The van der Waals surface area contributed by atoms with E-state index >= 15 is 0 Å². The summed E-state index contributed by atoms with van der Waals surface area (Å²) in [4.78, 5) is 25.5. The van der Waals surface area contributed by atoms with Crippen molar-refractivity contribution in [2.24, 2.45) is 17.8 Å². The predicted octanol–water partition coefficient (Wildman–Crippen LogP) is 4.15. The smallest absolute Gasteiger partial charge is 0.224 e. The Balaban J connectivity index is 1.33. The molecule has 0 aromatic heterocycles. The first-order chi connectivity index (χ1) is 12.6. The summed E-state index contributed by atoms with van der Waals surface area (Å²) in [6.07, 6.45) is 8.11. The molecule has 1 N–H and O–H groups in total. The lowest BCUT2D eigenvalue weighted by molar-refractivity contribution is -0.125. The summed E-state index contributed by atoms with van der Waals surface area (Å²) in [5.41, 5.74) is 0.0902. The molecule has 0 bridgehead atoms. The van der Waals surface area contributed by atoms with Gasteiger partial charge in [-0.1, -0.05) is 30.9 Å². The summed E-state index contributed by atoms with van der Waals surface area (Å²) < 4.78 is 6.37. The van der Waals surface area contributed by atoms with Gasteiger partial charge in [-0.05, 0) is 49.8 Å². The first-order valence-corrected chi connectivity index (χ1v) is 10.3. The lowest BCUT2D eigenvalue weighted by Gasteiger charge is -2.37. The van der Waals surface area contributed by atoms with Crippen molar-refractivity contribution in [3.63, 3.8) is 0 Å². The van der Waals surface area contributed by atoms with Gasteiger partial charge in [0.1, 0.15) is 11.4 Å². The number of halogens is 1. The molecule has 26 heavy (non-hydrogen) atoms. The van der Waals surface area contributed by atoms with Crippen LogP contribution in [-0.4, -0.2) is 23.3 Å². The molecule has 1 aliphatic heterocycles. The maximum absolute atomic E-state index is 12.8. The lowest BCUT2D eigenvalue weighted by Crippen LogP contribution is -2.45. The van der Waals surface area contributed by atoms with Gasteiger partial charge in [0, 0.05) is 22.9 Å². The van der Waals surface area contributed by atoms with Crippen molar-refractivity contribution < 1.29 is 14.3 Å². The van der Waals surface area contributed by atoms with E-state index in [1.165, 1.54) is 19.3 Å². The maximum Gasteiger partial charge on any atom is 0.224 e. The van der Waals surface area contributed by atoms with E-state index in [4.69, 9.17) is 16.3 Å². The minimum absolute atomic E-state index is 0.0207. The molecule has 3 aliphatic carbocycles. The molecule has 0 radical (unpaired) electrons. The number of carbonyl (C=O) groups is 2. The van der Waals surface area contributed by atoms with Crippen molar-refractivity contribution in [2.45, 2.75) is 63.0 Å². The summed E-state index contributed by atoms with van der Waals surface area (Å²) in [5, 5.41) is 3.83. The molecule has 138 valence electrons. The number of hydrogen-bond acceptors (Lipinski definition) is 3. The van der Waals surface area contributed by atoms with Crippen LogP contribution in [0.15, 0.2) is 18.2 Å². The van der Waals surface area contributed by atoms with E-state index in [0.717, 1.165) is 25.7 Å². The van der Waals surface area contributed by atoms with Gasteiger partial charge in [-0.15, -0.1) is 0 Å². The van der Waals surface area contributed by atoms with Crippen molar-refractivity contribution >= 4 is 23.3 Å². The van der Waals surface area contributed by atoms with Crippen LogP contribution in [0.2, 0.25) is 5.02 Å². The highest BCUT2D eigenvalue weighted by atomic mass is 35.5. The van der Waals surface area contributed by atoms with Gasteiger partial charge in [0.25, 0.3) is 0 Å². The van der Waals surface area contributed by atoms with E-state index in [2.05, 4.69) is 5.32 Å². The first kappa shape index (κ1) is 16.6. The Morgan fingerprint density at radius 2 is 2.00 bits per heavy atom. The fraction of sp³-hybridized carbons (Fsp3) is 0.619. The monoisotopic (exact) mass is 373 g/mol. The number of rotatable bonds is 2. The van der Waals surface area contributed by atoms with Crippen LogP contribution in [-0.2, 0) is 4.79 Å². The van der Waals surface area contributed by atoms with Crippen LogP contribution >= 0.6 is 11.6 Å². The van der Waals surface area contributed by atoms with E-state index in [1.807, 2.05) is 0 Å². The Labute approximate surface area is 158 Å². The maximum atomic E-state index is 12.8. The van der Waals surface area contributed by atoms with Crippen LogP contribution in [0.25, 0.3) is 0 Å². The molecule has 1 heterocycles. The van der Waals surface area contributed by atoms with E-state index in [-0.39, 0.29) is 23.5 Å². The van der Waals surface area contributed by atoms with E-state index < -0.39 is 5.60 Å². The zero-order valence-electron chi connectivity index (χ0n) is 14.8. The van der Waals surface area contributed by atoms with Crippen LogP contribution in [0.1, 0.15) is 61.7 Å². The number of ketones is 1. The highest BCUT2D eigenvalue weighted by molar-refractivity contribution is 6.31. The normalized spacial score (nSPS) is 35.6. The van der Waals surface area contributed by atoms with Gasteiger partial charge in [0.05, 0.1) is 12.0 Å². The Morgan fingerprint density at radius 3 is 2.81 bits per heavy atom. The van der Waals surface area contributed by atoms with Crippen molar-refractivity contribution in [1.29, 1.82) is 0 Å². The molecule has 4 atom stereocenters. The van der Waals surface area contributed by atoms with Crippen LogP contribution < -0.4 is 10.1 Å². The molecule has 0 unspecified atom stereocenters. The summed E-state index contributed by atoms with van der Waals surface area (Å²) in [5.74, 6) is 1.48. The Hall–Kier alpha value is -1.55. The second-order valence-electron chi connectivity index (χ2n) is 8.50. The SMILES string of the molecule is O=C1C[C@@]2(CC[C@H]3[C@@H](C(=O)NC4CCCCC4)[C@@H]32)Oc2ccc(Cl)cc21. The molecule has 1 aromatic carbocycles. The number of nitrogens with one attached hydrogen (secondary N) is 1. The summed E-state index contributed by atoms with van der Waals surface area (Å²) in [6, 6.07) is 5.59. The third-order valence-electron chi connectivity index (χ3n) is 6.95. The van der Waals surface area contributed by atoms with Gasteiger partial charge in [0.2, 0.25) is 5.91 Å². The van der Waals surface area contributed by atoms with Crippen molar-refractivity contribution in [2.75, 3.05) is 0 Å². The zero-order valence-corrected chi connectivity index (χ0v) is 15.6. The van der Waals surface area contributed by atoms with Gasteiger partial charge in [-0.3, -0.25) is 9.59 Å². The largest absolute Gasteiger partial charge is 0.486 e. The number of ether oxygens (including phenoxy) is 1. The number of fused-ring (bicyclic) bond motifs is 3. The fourth-order valence-electron chi connectivity index (χ4n) is 5.69. The Kier molecular flexibility index (Phi) is 3.82. The third kappa shape index (κ3) is 2.57. The molecular weight excluding hydrogens is 350 g/mol. The average Bonchev–Trinajstić information content (AvgIpc) is 3.28. The van der Waals surface area contributed by atoms with Gasteiger partial charge in [-0.2, -0.15) is 0 Å². The number of Topliss-reactive ketones (excluding diaryl/α,β-unsaturated/α-hetero) is 1. The molecule has 5 rings (SSSR count). The van der Waals surface area contributed by atoms with Crippen molar-refractivity contribution in [3.05, 3.63) is 28.8 Å². The zero-order chi connectivity index (χ0) is 17.9. The van der Waals surface area contributed by atoms with E-state index in [9.17, 15) is 9.59 Å². The molecule has 1 aromatic rings. The first-order valence-electron chi connectivity index (χ1n) is 9.89. The van der Waals surface area contributed by atoms with E-state index in [0.29, 0.717) is 34.7 Å². The molecule has 0 saturated heterocycles. The second-order valence-corrected chi connectivity index (χ2v) is 8.94. The summed E-state index contributed by atoms with van der Waals surface area (Å²) in [7, 11) is 0. The molecule has 4 aliphatic rings. The highest BCUT2D eigenvalue weighted by Crippen LogP contribution is 2.65. The van der Waals surface area contributed by atoms with Crippen LogP contribution in [0.4, 0.5) is 0 Å². The van der Waals surface area contributed by atoms with E-state index in [1.54, 1.807) is 18.2 Å². The van der Waals surface area contributed by atoms with Gasteiger partial charge in [0.15, 0.2) is 5.78 Å². The number of hydrogen-bond donors (Lipinski definition) is 1. The van der Waals surface area contributed by atoms with Gasteiger partial charge in [-0.25, -0.2) is 0 Å². The van der Waals surface area contributed by atoms with Crippen LogP contribution in [0.5, 0.6) is 5.75 Å². The van der Waals surface area contributed by atoms with Crippen molar-refractivity contribution in [3.8, 4) is 5.75 Å². The topological polar surface area (TPSA) is 55.4 Å².